The van der Waals surface area contributed by atoms with E-state index < -0.39 is 0 Å². The first-order valence-electron chi connectivity index (χ1n) is 8.18. The molecule has 1 saturated carbocycles. The molecule has 0 aromatic carbocycles. The van der Waals surface area contributed by atoms with Crippen molar-refractivity contribution in [3.63, 3.8) is 0 Å². The van der Waals surface area contributed by atoms with Crippen molar-refractivity contribution in [2.45, 2.75) is 81.6 Å². The van der Waals surface area contributed by atoms with E-state index in [9.17, 15) is 0 Å². The fourth-order valence-corrected chi connectivity index (χ4v) is 4.49. The molecular formula is C16H31NOS. The van der Waals surface area contributed by atoms with E-state index in [1.54, 1.807) is 0 Å². The minimum Gasteiger partial charge on any atom is -0.378 e. The summed E-state index contributed by atoms with van der Waals surface area (Å²) in [6, 6.07) is 0.691. The van der Waals surface area contributed by atoms with Crippen LogP contribution in [0.5, 0.6) is 0 Å². The van der Waals surface area contributed by atoms with Crippen molar-refractivity contribution in [2.24, 2.45) is 0 Å². The van der Waals surface area contributed by atoms with E-state index in [0.29, 0.717) is 16.9 Å². The number of hydrogen-bond donors (Lipinski definition) is 1. The van der Waals surface area contributed by atoms with Crippen molar-refractivity contribution < 1.29 is 4.74 Å². The molecule has 2 rings (SSSR count). The van der Waals surface area contributed by atoms with E-state index in [1.807, 2.05) is 0 Å². The lowest BCUT2D eigenvalue weighted by molar-refractivity contribution is -0.00362. The number of rotatable bonds is 6. The highest BCUT2D eigenvalue weighted by atomic mass is 32.2. The summed E-state index contributed by atoms with van der Waals surface area (Å²) in [5, 5.41) is 3.87. The molecule has 1 heterocycles. The molecule has 0 amide bonds. The Morgan fingerprint density at radius 1 is 1.26 bits per heavy atom. The van der Waals surface area contributed by atoms with E-state index >= 15 is 0 Å². The zero-order valence-corrected chi connectivity index (χ0v) is 13.6. The summed E-state index contributed by atoms with van der Waals surface area (Å²) >= 11 is 2.10. The lowest BCUT2D eigenvalue weighted by Crippen LogP contribution is -2.46. The Labute approximate surface area is 123 Å². The summed E-state index contributed by atoms with van der Waals surface area (Å²) in [5.41, 5.74) is 0. The van der Waals surface area contributed by atoms with E-state index in [0.717, 1.165) is 6.61 Å². The molecule has 0 aromatic rings. The number of thioether (sulfide) groups is 1. The Bertz CT molecular complexity index is 251. The third-order valence-electron chi connectivity index (χ3n) is 4.89. The molecule has 0 spiro atoms. The molecule has 1 aliphatic carbocycles. The van der Waals surface area contributed by atoms with E-state index in [2.05, 4.69) is 30.3 Å². The Morgan fingerprint density at radius 3 is 2.74 bits per heavy atom. The van der Waals surface area contributed by atoms with Crippen molar-refractivity contribution in [3.8, 4) is 0 Å². The molecule has 3 heteroatoms. The third-order valence-corrected chi connectivity index (χ3v) is 6.31. The molecule has 19 heavy (non-hydrogen) atoms. The maximum atomic E-state index is 5.85. The van der Waals surface area contributed by atoms with Gasteiger partial charge in [0, 0.05) is 23.9 Å². The van der Waals surface area contributed by atoms with Gasteiger partial charge in [0.1, 0.15) is 0 Å². The second-order valence-corrected chi connectivity index (χ2v) is 7.61. The molecule has 112 valence electrons. The minimum absolute atomic E-state index is 0.507. The molecule has 2 fully saturated rings. The number of ether oxygens (including phenoxy) is 1. The average molecular weight is 285 g/mol. The molecule has 0 radical (unpaired) electrons. The summed E-state index contributed by atoms with van der Waals surface area (Å²) in [4.78, 5) is 0. The van der Waals surface area contributed by atoms with Crippen LogP contribution < -0.4 is 5.32 Å². The zero-order valence-electron chi connectivity index (χ0n) is 12.7. The summed E-state index contributed by atoms with van der Waals surface area (Å²) in [5.74, 6) is 0. The molecule has 1 saturated heterocycles. The van der Waals surface area contributed by atoms with Crippen molar-refractivity contribution in [1.82, 2.24) is 5.32 Å². The summed E-state index contributed by atoms with van der Waals surface area (Å²) in [7, 11) is 0. The largest absolute Gasteiger partial charge is 0.378 e. The van der Waals surface area contributed by atoms with Gasteiger partial charge < -0.3 is 10.1 Å². The highest BCUT2D eigenvalue weighted by Gasteiger charge is 2.32. The predicted molar refractivity (Wildman–Crippen MR) is 85.0 cm³/mol. The van der Waals surface area contributed by atoms with Crippen LogP contribution in [0.15, 0.2) is 0 Å². The molecule has 2 nitrogen and oxygen atoms in total. The van der Waals surface area contributed by atoms with Gasteiger partial charge in [0.05, 0.1) is 6.10 Å². The molecule has 1 N–H and O–H groups in total. The maximum absolute atomic E-state index is 5.85. The third kappa shape index (κ3) is 4.64. The van der Waals surface area contributed by atoms with Crippen LogP contribution in [-0.2, 0) is 4.74 Å². The van der Waals surface area contributed by atoms with Crippen LogP contribution in [0.25, 0.3) is 0 Å². The van der Waals surface area contributed by atoms with Crippen LogP contribution in [0.3, 0.4) is 0 Å². The van der Waals surface area contributed by atoms with Gasteiger partial charge in [-0.2, -0.15) is 11.8 Å². The molecular weight excluding hydrogens is 254 g/mol. The van der Waals surface area contributed by atoms with E-state index in [4.69, 9.17) is 4.74 Å². The molecule has 1 aliphatic heterocycles. The highest BCUT2D eigenvalue weighted by molar-refractivity contribution is 8.00. The molecule has 2 unspecified atom stereocenters. The van der Waals surface area contributed by atoms with E-state index in [1.165, 1.54) is 64.3 Å². The SMILES string of the molecule is CCCC1CC(NCC2(SC)CCCCC2)CCO1. The van der Waals surface area contributed by atoms with Gasteiger partial charge in [0.2, 0.25) is 0 Å². The minimum atomic E-state index is 0.507. The fraction of sp³-hybridized carbons (Fsp3) is 1.00. The second kappa shape index (κ2) is 7.90. The van der Waals surface area contributed by atoms with Gasteiger partial charge in [-0.25, -0.2) is 0 Å². The first kappa shape index (κ1) is 15.7. The molecule has 2 aliphatic rings. The van der Waals surface area contributed by atoms with Crippen molar-refractivity contribution in [3.05, 3.63) is 0 Å². The molecule has 0 aromatic heterocycles. The maximum Gasteiger partial charge on any atom is 0.0589 e. The normalized spacial score (nSPS) is 31.3. The lowest BCUT2D eigenvalue weighted by Gasteiger charge is -2.38. The Hall–Kier alpha value is 0.270. The van der Waals surface area contributed by atoms with Gasteiger partial charge in [0.25, 0.3) is 0 Å². The van der Waals surface area contributed by atoms with Crippen LogP contribution in [-0.4, -0.2) is 36.3 Å². The first-order valence-corrected chi connectivity index (χ1v) is 9.40. The first-order chi connectivity index (χ1) is 9.28. The van der Waals surface area contributed by atoms with Crippen molar-refractivity contribution in [1.29, 1.82) is 0 Å². The van der Waals surface area contributed by atoms with Crippen molar-refractivity contribution in [2.75, 3.05) is 19.4 Å². The van der Waals surface area contributed by atoms with Gasteiger partial charge in [0.15, 0.2) is 0 Å². The number of hydrogen-bond acceptors (Lipinski definition) is 3. The van der Waals surface area contributed by atoms with Gasteiger partial charge in [-0.05, 0) is 38.4 Å². The van der Waals surface area contributed by atoms with Gasteiger partial charge in [-0.1, -0.05) is 32.6 Å². The van der Waals surface area contributed by atoms with Crippen LogP contribution in [0.1, 0.15) is 64.7 Å². The smallest absolute Gasteiger partial charge is 0.0589 e. The Balaban J connectivity index is 1.76. The zero-order chi connectivity index (χ0) is 13.6. The van der Waals surface area contributed by atoms with Crippen LogP contribution in [0.2, 0.25) is 0 Å². The van der Waals surface area contributed by atoms with Crippen LogP contribution in [0.4, 0.5) is 0 Å². The highest BCUT2D eigenvalue weighted by Crippen LogP contribution is 2.38. The summed E-state index contributed by atoms with van der Waals surface area (Å²) < 4.78 is 6.37. The van der Waals surface area contributed by atoms with E-state index in [-0.39, 0.29) is 0 Å². The Morgan fingerprint density at radius 2 is 2.05 bits per heavy atom. The quantitative estimate of drug-likeness (QED) is 0.797. The summed E-state index contributed by atoms with van der Waals surface area (Å²) in [6.07, 6.45) is 14.8. The van der Waals surface area contributed by atoms with Gasteiger partial charge >= 0.3 is 0 Å². The average Bonchev–Trinajstić information content (AvgIpc) is 2.47. The van der Waals surface area contributed by atoms with Gasteiger partial charge in [-0.15, -0.1) is 0 Å². The summed E-state index contributed by atoms with van der Waals surface area (Å²) in [6.45, 7) is 4.41. The molecule has 0 bridgehead atoms. The van der Waals surface area contributed by atoms with Crippen molar-refractivity contribution >= 4 is 11.8 Å². The predicted octanol–water partition coefficient (Wildman–Crippen LogP) is 3.99. The van der Waals surface area contributed by atoms with Gasteiger partial charge in [-0.3, -0.25) is 0 Å². The topological polar surface area (TPSA) is 21.3 Å². The monoisotopic (exact) mass is 285 g/mol. The van der Waals surface area contributed by atoms with Crippen LogP contribution in [0, 0.1) is 0 Å². The second-order valence-electron chi connectivity index (χ2n) is 6.33. The molecule has 2 atom stereocenters. The lowest BCUT2D eigenvalue weighted by atomic mass is 9.87. The Kier molecular flexibility index (Phi) is 6.51. The van der Waals surface area contributed by atoms with Crippen LogP contribution >= 0.6 is 11.8 Å². The standard InChI is InChI=1S/C16H31NOS/c1-3-7-15-12-14(8-11-18-15)17-13-16(19-2)9-5-4-6-10-16/h14-15,17H,3-13H2,1-2H3. The fourth-order valence-electron chi connectivity index (χ4n) is 3.57. The number of nitrogens with one attached hydrogen (secondary N) is 1.